The highest BCUT2D eigenvalue weighted by Gasteiger charge is 2.64. The molecule has 0 aromatic rings. The van der Waals surface area contributed by atoms with Crippen LogP contribution in [0, 0.1) is 17.8 Å². The Kier molecular flexibility index (Phi) is 11.7. The fraction of sp³-hybridized carbons (Fsp3) is 0.815. The van der Waals surface area contributed by atoms with Gasteiger partial charge in [-0.3, -0.25) is 14.4 Å². The summed E-state index contributed by atoms with van der Waals surface area (Å²) in [5, 5.41) is 20.6. The van der Waals surface area contributed by atoms with Gasteiger partial charge in [-0.2, -0.15) is 0 Å². The average molecular weight is 529 g/mol. The summed E-state index contributed by atoms with van der Waals surface area (Å²) in [5.74, 6) is -3.44. The first-order valence-corrected chi connectivity index (χ1v) is 15.8. The molecule has 0 amide bonds. The fourth-order valence-corrected chi connectivity index (χ4v) is 5.70. The van der Waals surface area contributed by atoms with E-state index in [1.807, 2.05) is 32.9 Å². The molecule has 1 fully saturated rings. The van der Waals surface area contributed by atoms with Crippen molar-refractivity contribution in [1.82, 2.24) is 0 Å². The summed E-state index contributed by atoms with van der Waals surface area (Å²) in [5.41, 5.74) is -0.848. The van der Waals surface area contributed by atoms with Crippen LogP contribution >= 0.6 is 0 Å². The second kappa shape index (κ2) is 12.9. The Morgan fingerprint density at radius 2 is 1.78 bits per heavy atom. The SMILES string of the molecule is CC=C[C@H](C)[C@H]1OC1(C)[C@@H](O[Si](C)(C)C(C)(C)C)[C@@H](COC(C)=O)C(=O)[C@H](CO)[C@@H](O)CC(=O)CC. The topological polar surface area (TPSA) is 123 Å². The van der Waals surface area contributed by atoms with Crippen LogP contribution in [0.1, 0.15) is 68.2 Å². The summed E-state index contributed by atoms with van der Waals surface area (Å²) >= 11 is 0. The number of Topliss-reactive ketones (excluding diaryl/α,β-unsaturated/α-hetero) is 2. The molecule has 0 saturated carbocycles. The van der Waals surface area contributed by atoms with Gasteiger partial charge in [0.25, 0.3) is 0 Å². The summed E-state index contributed by atoms with van der Waals surface area (Å²) in [4.78, 5) is 37.6. The molecule has 1 saturated heterocycles. The number of hydrogen-bond acceptors (Lipinski definition) is 8. The van der Waals surface area contributed by atoms with Crippen molar-refractivity contribution in [3.05, 3.63) is 12.2 Å². The smallest absolute Gasteiger partial charge is 0.302 e. The van der Waals surface area contributed by atoms with Crippen LogP contribution in [0.25, 0.3) is 0 Å². The number of aliphatic hydroxyl groups excluding tert-OH is 2. The van der Waals surface area contributed by atoms with Crippen LogP contribution in [-0.2, 0) is 28.3 Å². The lowest BCUT2D eigenvalue weighted by Crippen LogP contribution is -2.55. The van der Waals surface area contributed by atoms with Crippen molar-refractivity contribution >= 4 is 25.9 Å². The molecule has 8 nitrogen and oxygen atoms in total. The maximum Gasteiger partial charge on any atom is 0.302 e. The minimum absolute atomic E-state index is 0.0522. The fourth-order valence-electron chi connectivity index (χ4n) is 4.32. The molecule has 0 aromatic carbocycles. The zero-order valence-electron chi connectivity index (χ0n) is 23.8. The lowest BCUT2D eigenvalue weighted by atomic mass is 9.79. The molecular formula is C27H48O8Si. The Hall–Kier alpha value is -1.39. The van der Waals surface area contributed by atoms with E-state index in [1.165, 1.54) is 6.92 Å². The number of rotatable bonds is 15. The highest BCUT2D eigenvalue weighted by molar-refractivity contribution is 6.74. The molecule has 0 radical (unpaired) electrons. The van der Waals surface area contributed by atoms with Crippen molar-refractivity contribution in [3.8, 4) is 0 Å². The molecule has 9 heteroatoms. The summed E-state index contributed by atoms with van der Waals surface area (Å²) in [6, 6.07) is 0. The number of epoxide rings is 1. The normalized spacial score (nSPS) is 24.6. The Labute approximate surface area is 217 Å². The average Bonchev–Trinajstić information content (AvgIpc) is 3.45. The molecular weight excluding hydrogens is 480 g/mol. The number of esters is 1. The van der Waals surface area contributed by atoms with Crippen molar-refractivity contribution in [2.45, 2.75) is 110 Å². The van der Waals surface area contributed by atoms with Gasteiger partial charge in [0.15, 0.2) is 8.32 Å². The molecule has 1 rings (SSSR count). The predicted octanol–water partition coefficient (Wildman–Crippen LogP) is 3.83. The van der Waals surface area contributed by atoms with Crippen molar-refractivity contribution in [3.63, 3.8) is 0 Å². The van der Waals surface area contributed by atoms with E-state index in [0.717, 1.165) is 0 Å². The van der Waals surface area contributed by atoms with E-state index in [9.17, 15) is 24.6 Å². The molecule has 0 aliphatic carbocycles. The first-order chi connectivity index (χ1) is 16.5. The van der Waals surface area contributed by atoms with Crippen molar-refractivity contribution < 1.29 is 38.5 Å². The zero-order chi connectivity index (χ0) is 28.1. The van der Waals surface area contributed by atoms with E-state index in [0.29, 0.717) is 0 Å². The standard InChI is InChI=1S/C27H48O8Si/c1-11-13-17(3)24-27(8,34-24)25(35-36(9,10)26(5,6)7)21(16-33-18(4)29)23(32)20(15-28)22(31)14-19(30)12-2/h11,13,17,20-22,24-25,28,31H,12,14-16H2,1-10H3/t17-,20+,21-,22-,24+,25-,27?/m0/s1. The number of ether oxygens (including phenoxy) is 2. The van der Waals surface area contributed by atoms with Gasteiger partial charge in [-0.1, -0.05) is 46.8 Å². The Morgan fingerprint density at radius 3 is 2.22 bits per heavy atom. The molecule has 1 aliphatic heterocycles. The van der Waals surface area contributed by atoms with Gasteiger partial charge < -0.3 is 24.1 Å². The number of aliphatic hydroxyl groups is 2. The molecule has 208 valence electrons. The third-order valence-electron chi connectivity index (χ3n) is 7.71. The summed E-state index contributed by atoms with van der Waals surface area (Å²) in [7, 11) is -2.46. The van der Waals surface area contributed by atoms with Crippen LogP contribution in [0.3, 0.4) is 0 Å². The van der Waals surface area contributed by atoms with Crippen LogP contribution in [0.4, 0.5) is 0 Å². The Balaban J connectivity index is 3.54. The summed E-state index contributed by atoms with van der Waals surface area (Å²) in [6.07, 6.45) is 1.58. The van der Waals surface area contributed by atoms with Crippen LogP contribution in [0.5, 0.6) is 0 Å². The molecule has 1 aliphatic rings. The monoisotopic (exact) mass is 528 g/mol. The van der Waals surface area contributed by atoms with Gasteiger partial charge in [-0.25, -0.2) is 0 Å². The van der Waals surface area contributed by atoms with E-state index in [2.05, 4.69) is 33.9 Å². The maximum absolute atomic E-state index is 13.9. The number of carbonyl (C=O) groups is 3. The third-order valence-corrected chi connectivity index (χ3v) is 12.2. The molecule has 0 aromatic heterocycles. The largest absolute Gasteiger partial charge is 0.465 e. The number of carbonyl (C=O) groups excluding carboxylic acids is 3. The number of allylic oxidation sites excluding steroid dienone is 1. The minimum Gasteiger partial charge on any atom is -0.465 e. The van der Waals surface area contributed by atoms with Crippen LogP contribution in [0.2, 0.25) is 18.1 Å². The van der Waals surface area contributed by atoms with E-state index < -0.39 is 56.3 Å². The second-order valence-corrected chi connectivity index (χ2v) is 16.4. The third kappa shape index (κ3) is 8.05. The molecule has 1 heterocycles. The van der Waals surface area contributed by atoms with Gasteiger partial charge >= 0.3 is 5.97 Å². The molecule has 7 atom stereocenters. The van der Waals surface area contributed by atoms with E-state index in [1.54, 1.807) is 6.92 Å². The quantitative estimate of drug-likeness (QED) is 0.142. The second-order valence-electron chi connectivity index (χ2n) is 11.7. The zero-order valence-corrected chi connectivity index (χ0v) is 24.8. The molecule has 0 bridgehead atoms. The lowest BCUT2D eigenvalue weighted by molar-refractivity contribution is -0.149. The number of ketones is 2. The van der Waals surface area contributed by atoms with E-state index in [4.69, 9.17) is 13.9 Å². The van der Waals surface area contributed by atoms with Gasteiger partial charge in [-0.15, -0.1) is 0 Å². The van der Waals surface area contributed by atoms with Crippen LogP contribution in [-0.4, -0.2) is 73.2 Å². The minimum atomic E-state index is -2.46. The molecule has 1 unspecified atom stereocenters. The molecule has 2 N–H and O–H groups in total. The van der Waals surface area contributed by atoms with Crippen LogP contribution < -0.4 is 0 Å². The van der Waals surface area contributed by atoms with Gasteiger partial charge in [0.05, 0.1) is 36.8 Å². The van der Waals surface area contributed by atoms with Crippen LogP contribution in [0.15, 0.2) is 12.2 Å². The molecule has 36 heavy (non-hydrogen) atoms. The van der Waals surface area contributed by atoms with Gasteiger partial charge in [0, 0.05) is 25.7 Å². The van der Waals surface area contributed by atoms with Crippen molar-refractivity contribution in [2.24, 2.45) is 17.8 Å². The van der Waals surface area contributed by atoms with E-state index >= 15 is 0 Å². The van der Waals surface area contributed by atoms with Gasteiger partial charge in [0.2, 0.25) is 0 Å². The Morgan fingerprint density at radius 1 is 1.19 bits per heavy atom. The lowest BCUT2D eigenvalue weighted by Gasteiger charge is -2.43. The predicted molar refractivity (Wildman–Crippen MR) is 141 cm³/mol. The first-order valence-electron chi connectivity index (χ1n) is 12.9. The first kappa shape index (κ1) is 32.6. The van der Waals surface area contributed by atoms with Crippen molar-refractivity contribution in [1.29, 1.82) is 0 Å². The van der Waals surface area contributed by atoms with E-state index in [-0.39, 0.29) is 42.3 Å². The molecule has 0 spiro atoms. The highest BCUT2D eigenvalue weighted by Crippen LogP contribution is 2.50. The highest BCUT2D eigenvalue weighted by atomic mass is 28.4. The summed E-state index contributed by atoms with van der Waals surface area (Å²) in [6.45, 7) is 18.3. The summed E-state index contributed by atoms with van der Waals surface area (Å²) < 4.78 is 18.4. The van der Waals surface area contributed by atoms with Gasteiger partial charge in [-0.05, 0) is 32.0 Å². The van der Waals surface area contributed by atoms with Crippen molar-refractivity contribution in [2.75, 3.05) is 13.2 Å². The Bertz CT molecular complexity index is 802. The number of hydrogen-bond donors (Lipinski definition) is 2. The maximum atomic E-state index is 13.9. The van der Waals surface area contributed by atoms with Gasteiger partial charge in [0.1, 0.15) is 23.8 Å².